The first-order valence-electron chi connectivity index (χ1n) is 20.5. The Kier molecular flexibility index (Phi) is 8.54. The molecule has 0 N–H and O–H groups in total. The maximum atomic E-state index is 8.39. The number of fused-ring (bicyclic) bond motifs is 14. The zero-order chi connectivity index (χ0) is 39.1. The van der Waals surface area contributed by atoms with Gasteiger partial charge in [0.05, 0.1) is 0 Å². The minimum atomic E-state index is -4.16. The van der Waals surface area contributed by atoms with Crippen LogP contribution in [0.3, 0.4) is 0 Å². The maximum Gasteiger partial charge on any atom is 0.582 e. The molecule has 6 heterocycles. The van der Waals surface area contributed by atoms with Crippen molar-refractivity contribution in [3.05, 3.63) is 130 Å². The smallest absolute Gasteiger partial charge is 0.404 e. The third kappa shape index (κ3) is 5.18. The summed E-state index contributed by atoms with van der Waals surface area (Å²) in [6, 6.07) is 39.0. The molecule has 6 aromatic rings. The van der Waals surface area contributed by atoms with Crippen LogP contribution in [-0.4, -0.2) is 57.3 Å². The Bertz CT molecular complexity index is 2710. The fourth-order valence-corrected chi connectivity index (χ4v) is 24.1. The molecule has 4 aliphatic rings. The summed E-state index contributed by atoms with van der Waals surface area (Å²) in [6.07, 6.45) is 0. The van der Waals surface area contributed by atoms with Gasteiger partial charge < -0.3 is 8.23 Å². The predicted octanol–water partition coefficient (Wildman–Crippen LogP) is 9.42. The third-order valence-electron chi connectivity index (χ3n) is 12.9. The van der Waals surface area contributed by atoms with Crippen molar-refractivity contribution in [3.8, 4) is 0 Å². The van der Waals surface area contributed by atoms with Gasteiger partial charge in [-0.25, -0.2) is 30.0 Å². The van der Waals surface area contributed by atoms with Crippen molar-refractivity contribution in [1.82, 2.24) is 8.47 Å². The Morgan fingerprint density at radius 2 is 0.719 bits per heavy atom. The predicted molar refractivity (Wildman–Crippen MR) is 238 cm³/mol. The van der Waals surface area contributed by atoms with Crippen LogP contribution in [0.4, 0.5) is 11.6 Å². The van der Waals surface area contributed by atoms with E-state index in [0.717, 1.165) is 103 Å². The third-order valence-corrected chi connectivity index (χ3v) is 28.2. The highest BCUT2D eigenvalue weighted by Crippen LogP contribution is 2.46. The van der Waals surface area contributed by atoms with E-state index in [4.69, 9.17) is 38.2 Å². The molecule has 0 radical (unpaired) electrons. The molecule has 0 unspecified atom stereocenters. The molecule has 286 valence electrons. The van der Waals surface area contributed by atoms with Gasteiger partial charge in [0.25, 0.3) is 0 Å². The molecule has 0 fully saturated rings. The zero-order valence-electron chi connectivity index (χ0n) is 33.4. The molecule has 0 atom stereocenters. The summed E-state index contributed by atoms with van der Waals surface area (Å²) in [5.74, 6) is 3.88. The van der Waals surface area contributed by atoms with E-state index >= 15 is 0 Å². The van der Waals surface area contributed by atoms with E-state index in [9.17, 15) is 0 Å². The van der Waals surface area contributed by atoms with Gasteiger partial charge in [0.2, 0.25) is 0 Å². The number of aliphatic imine (C=N–C) groups is 4. The molecule has 0 saturated carbocycles. The first kappa shape index (κ1) is 36.2. The topological polar surface area (TPSA) is 102 Å². The summed E-state index contributed by atoms with van der Waals surface area (Å²) in [5.41, 5.74) is 5.18. The lowest BCUT2D eigenvalue weighted by Gasteiger charge is -2.45. The quantitative estimate of drug-likeness (QED) is 0.129. The first-order valence-corrected chi connectivity index (χ1v) is 27.3. The minimum Gasteiger partial charge on any atom is -0.404 e. The highest BCUT2D eigenvalue weighted by atomic mass is 28.5. The van der Waals surface area contributed by atoms with Crippen LogP contribution in [0.25, 0.3) is 21.5 Å². The molecule has 0 aliphatic carbocycles. The van der Waals surface area contributed by atoms with Crippen molar-refractivity contribution in [2.24, 2.45) is 30.0 Å². The Morgan fingerprint density at radius 3 is 1.07 bits per heavy atom. The van der Waals surface area contributed by atoms with Crippen LogP contribution in [0.1, 0.15) is 63.8 Å². The van der Waals surface area contributed by atoms with Crippen molar-refractivity contribution < 1.29 is 8.23 Å². The van der Waals surface area contributed by atoms with Gasteiger partial charge >= 0.3 is 8.88 Å². The van der Waals surface area contributed by atoms with Crippen LogP contribution in [0.2, 0.25) is 36.3 Å². The molecule has 0 amide bonds. The lowest BCUT2D eigenvalue weighted by atomic mass is 10.1. The maximum absolute atomic E-state index is 8.39. The summed E-state index contributed by atoms with van der Waals surface area (Å²) in [6.45, 7) is 13.8. The van der Waals surface area contributed by atoms with Crippen LogP contribution < -0.4 is 11.0 Å². The molecule has 10 nitrogen and oxygen atoms in total. The van der Waals surface area contributed by atoms with E-state index in [1.54, 1.807) is 0 Å². The number of nitrogens with zero attached hydrogens (tertiary/aromatic N) is 8. The van der Waals surface area contributed by atoms with E-state index in [1.165, 1.54) is 0 Å². The standard InChI is InChI=1S/C44H46N8O2Si3/c1-7-55(8-2,9-3)53-57(54-56(10-4,11-5)12-6)51-41-33-25-17-18-26-34(33)43(51)49-39-31-23-15-16-24-32(31)40(46-39)50-44-36-28-20-19-27-35(36)42(52(44)57)48-38-30-22-14-13-21-29(30)37(45-38)47-41/h13-28H,7-12H2,1-6H3. The highest BCUT2D eigenvalue weighted by Gasteiger charge is 2.59. The zero-order valence-corrected chi connectivity index (χ0v) is 36.4. The van der Waals surface area contributed by atoms with E-state index in [2.05, 4.69) is 123 Å². The van der Waals surface area contributed by atoms with Crippen molar-refractivity contribution in [2.45, 2.75) is 77.8 Å². The Morgan fingerprint density at radius 1 is 0.404 bits per heavy atom. The largest absolute Gasteiger partial charge is 0.582 e. The summed E-state index contributed by atoms with van der Waals surface area (Å²) in [7, 11) is -9.30. The molecular weight excluding hydrogens is 757 g/mol. The summed E-state index contributed by atoms with van der Waals surface area (Å²) in [4.78, 5) is 33.0. The first-order chi connectivity index (χ1) is 27.9. The lowest BCUT2D eigenvalue weighted by Crippen LogP contribution is -2.71. The minimum absolute atomic E-state index is 0.610. The molecule has 4 aliphatic heterocycles. The van der Waals surface area contributed by atoms with Gasteiger partial charge in [-0.05, 0) is 36.3 Å². The van der Waals surface area contributed by atoms with Crippen molar-refractivity contribution in [1.29, 1.82) is 0 Å². The van der Waals surface area contributed by atoms with Gasteiger partial charge in [-0.3, -0.25) is 8.47 Å². The van der Waals surface area contributed by atoms with Crippen LogP contribution in [0.5, 0.6) is 0 Å². The fraction of sp³-hybridized carbons (Fsp3) is 0.273. The number of hydrogen-bond donors (Lipinski definition) is 0. The van der Waals surface area contributed by atoms with Crippen LogP contribution in [-0.2, 0) is 8.23 Å². The monoisotopic (exact) mass is 802 g/mol. The highest BCUT2D eigenvalue weighted by molar-refractivity contribution is 6.89. The number of aromatic nitrogens is 2. The molecule has 57 heavy (non-hydrogen) atoms. The van der Waals surface area contributed by atoms with Crippen molar-refractivity contribution in [2.75, 3.05) is 0 Å². The van der Waals surface area contributed by atoms with Crippen molar-refractivity contribution in [3.63, 3.8) is 0 Å². The van der Waals surface area contributed by atoms with Gasteiger partial charge in [-0.2, -0.15) is 0 Å². The van der Waals surface area contributed by atoms with Crippen molar-refractivity contribution >= 4 is 82.0 Å². The molecule has 2 aromatic heterocycles. The van der Waals surface area contributed by atoms with Gasteiger partial charge in [-0.15, -0.1) is 0 Å². The van der Waals surface area contributed by atoms with Gasteiger partial charge in [0.15, 0.2) is 40.0 Å². The molecule has 10 rings (SSSR count). The molecule has 13 heteroatoms. The van der Waals surface area contributed by atoms with E-state index in [0.29, 0.717) is 23.3 Å². The Balaban J connectivity index is 1.55. The number of hydrogen-bond acceptors (Lipinski definition) is 8. The fourth-order valence-electron chi connectivity index (χ4n) is 9.14. The van der Waals surface area contributed by atoms with Gasteiger partial charge in [-0.1, -0.05) is 139 Å². The lowest BCUT2D eigenvalue weighted by molar-refractivity contribution is 0.326. The molecule has 4 aromatic carbocycles. The van der Waals surface area contributed by atoms with Crippen LogP contribution >= 0.6 is 0 Å². The average Bonchev–Trinajstić information content (AvgIpc) is 3.98. The summed E-state index contributed by atoms with van der Waals surface area (Å²) >= 11 is 0. The second kappa shape index (κ2) is 13.5. The molecule has 0 spiro atoms. The summed E-state index contributed by atoms with van der Waals surface area (Å²) in [5, 5.41) is 3.80. The second-order valence-electron chi connectivity index (χ2n) is 15.4. The second-order valence-corrected chi connectivity index (χ2v) is 28.0. The Hall–Kier alpha value is -5.19. The van der Waals surface area contributed by atoms with E-state index in [-0.39, 0.29) is 0 Å². The number of amidine groups is 4. The molecule has 6 bridgehead atoms. The number of rotatable bonds is 10. The average molecular weight is 803 g/mol. The summed E-state index contributed by atoms with van der Waals surface area (Å²) < 4.78 is 21.4. The van der Waals surface area contributed by atoms with E-state index in [1.807, 2.05) is 24.3 Å². The normalized spacial score (nSPS) is 16.2. The van der Waals surface area contributed by atoms with Gasteiger partial charge in [0.1, 0.15) is 22.6 Å². The van der Waals surface area contributed by atoms with Crippen LogP contribution in [0.15, 0.2) is 127 Å². The van der Waals surface area contributed by atoms with Gasteiger partial charge in [0, 0.05) is 43.8 Å². The molecule has 0 saturated heterocycles. The Labute approximate surface area is 335 Å². The SMILES string of the molecule is CC[Si](CC)(CC)O[Si]1(O[Si](CC)(CC)CC)n2c3c4ccccc4c2N=C2N=C(N=c4c5ccccc5c(n41)=NC1=NC(=N3)c3ccccc31)c1ccccc12. The van der Waals surface area contributed by atoms with E-state index < -0.39 is 25.5 Å². The number of benzene rings is 4. The van der Waals surface area contributed by atoms with Crippen LogP contribution in [0, 0.1) is 0 Å². The molecular formula is C44H46N8O2Si3.